The number of hydrogen-bond donors (Lipinski definition) is 1. The quantitative estimate of drug-likeness (QED) is 0.879. The molecule has 1 aromatic carbocycles. The second-order valence-electron chi connectivity index (χ2n) is 4.80. The lowest BCUT2D eigenvalue weighted by Crippen LogP contribution is -2.26. The molecule has 0 radical (unpaired) electrons. The molecule has 2 rings (SSSR count). The third-order valence-corrected chi connectivity index (χ3v) is 5.03. The molecule has 0 amide bonds. The van der Waals surface area contributed by atoms with Crippen LogP contribution in [-0.2, 0) is 22.9 Å². The maximum absolute atomic E-state index is 11.5. The molecule has 100 valence electrons. The van der Waals surface area contributed by atoms with Gasteiger partial charge in [0, 0.05) is 19.6 Å². The third kappa shape index (κ3) is 3.80. The molecule has 5 heteroatoms. The molecule has 1 aliphatic rings. The fourth-order valence-corrected chi connectivity index (χ4v) is 3.50. The monoisotopic (exact) mass is 268 g/mol. The molecule has 4 nitrogen and oxygen atoms in total. The summed E-state index contributed by atoms with van der Waals surface area (Å²) in [5, 5.41) is 0. The highest BCUT2D eigenvalue weighted by atomic mass is 32.2. The minimum absolute atomic E-state index is 0.286. The largest absolute Gasteiger partial charge is 0.326 e. The number of nitrogens with two attached hydrogens (primary N) is 1. The smallest absolute Gasteiger partial charge is 0.151 e. The van der Waals surface area contributed by atoms with Gasteiger partial charge in [-0.3, -0.25) is 4.90 Å². The van der Waals surface area contributed by atoms with Gasteiger partial charge >= 0.3 is 0 Å². The van der Waals surface area contributed by atoms with Crippen LogP contribution in [0.2, 0.25) is 0 Å². The fraction of sp³-hybridized carbons (Fsp3) is 0.538. The number of hydrogen-bond acceptors (Lipinski definition) is 4. The van der Waals surface area contributed by atoms with E-state index in [1.807, 2.05) is 12.1 Å². The highest BCUT2D eigenvalue weighted by Crippen LogP contribution is 2.11. The highest BCUT2D eigenvalue weighted by Gasteiger charge is 2.18. The average molecular weight is 268 g/mol. The minimum atomic E-state index is -2.81. The lowest BCUT2D eigenvalue weighted by Gasteiger charge is -2.19. The molecule has 0 spiro atoms. The summed E-state index contributed by atoms with van der Waals surface area (Å²) in [5.74, 6) is 0.615. The Kier molecular flexibility index (Phi) is 4.37. The summed E-state index contributed by atoms with van der Waals surface area (Å²) in [7, 11) is -2.81. The number of sulfone groups is 1. The molecule has 2 N–H and O–H groups in total. The first-order valence-electron chi connectivity index (χ1n) is 6.30. The Morgan fingerprint density at radius 3 is 2.39 bits per heavy atom. The zero-order valence-corrected chi connectivity index (χ0v) is 11.3. The van der Waals surface area contributed by atoms with Crippen molar-refractivity contribution in [3.63, 3.8) is 0 Å². The SMILES string of the molecule is NCc1ccc(CN2CCCS(=O)(=O)CC2)cc1. The number of benzene rings is 1. The first-order chi connectivity index (χ1) is 8.59. The van der Waals surface area contributed by atoms with Crippen LogP contribution < -0.4 is 5.73 Å². The second-order valence-corrected chi connectivity index (χ2v) is 7.11. The van der Waals surface area contributed by atoms with E-state index in [0.29, 0.717) is 18.8 Å². The molecule has 0 aromatic heterocycles. The molecule has 0 bridgehead atoms. The Morgan fingerprint density at radius 2 is 1.72 bits per heavy atom. The van der Waals surface area contributed by atoms with Gasteiger partial charge in [0.05, 0.1) is 11.5 Å². The number of nitrogens with zero attached hydrogens (tertiary/aromatic N) is 1. The average Bonchev–Trinajstić information content (AvgIpc) is 2.52. The lowest BCUT2D eigenvalue weighted by molar-refractivity contribution is 0.287. The van der Waals surface area contributed by atoms with Crippen LogP contribution >= 0.6 is 0 Å². The van der Waals surface area contributed by atoms with Crippen LogP contribution in [0, 0.1) is 0 Å². The van der Waals surface area contributed by atoms with Gasteiger partial charge in [0.2, 0.25) is 0 Å². The van der Waals surface area contributed by atoms with Gasteiger partial charge in [-0.15, -0.1) is 0 Å². The van der Waals surface area contributed by atoms with Crippen LogP contribution in [0.5, 0.6) is 0 Å². The van der Waals surface area contributed by atoms with E-state index in [4.69, 9.17) is 5.73 Å². The molecule has 1 aromatic rings. The Morgan fingerprint density at radius 1 is 1.06 bits per heavy atom. The van der Waals surface area contributed by atoms with E-state index in [-0.39, 0.29) is 5.75 Å². The van der Waals surface area contributed by atoms with Crippen LogP contribution in [0.3, 0.4) is 0 Å². The van der Waals surface area contributed by atoms with Crippen molar-refractivity contribution in [3.8, 4) is 0 Å². The van der Waals surface area contributed by atoms with Crippen molar-refractivity contribution in [2.45, 2.75) is 19.5 Å². The zero-order chi connectivity index (χ0) is 13.0. The highest BCUT2D eigenvalue weighted by molar-refractivity contribution is 7.91. The van der Waals surface area contributed by atoms with Crippen molar-refractivity contribution < 1.29 is 8.42 Å². The van der Waals surface area contributed by atoms with Crippen molar-refractivity contribution in [3.05, 3.63) is 35.4 Å². The van der Waals surface area contributed by atoms with E-state index in [2.05, 4.69) is 17.0 Å². The van der Waals surface area contributed by atoms with Crippen molar-refractivity contribution in [2.75, 3.05) is 24.6 Å². The molecule has 1 aliphatic heterocycles. The zero-order valence-electron chi connectivity index (χ0n) is 10.5. The van der Waals surface area contributed by atoms with Gasteiger partial charge in [-0.1, -0.05) is 24.3 Å². The molecule has 0 aliphatic carbocycles. The maximum atomic E-state index is 11.5. The standard InChI is InChI=1S/C13H20N2O2S/c14-10-12-2-4-13(5-3-12)11-15-6-1-8-18(16,17)9-7-15/h2-5H,1,6-11,14H2. The minimum Gasteiger partial charge on any atom is -0.326 e. The van der Waals surface area contributed by atoms with E-state index in [9.17, 15) is 8.42 Å². The Bertz CT molecular complexity index is 482. The van der Waals surface area contributed by atoms with Crippen LogP contribution in [0.15, 0.2) is 24.3 Å². The molecule has 0 unspecified atom stereocenters. The normalized spacial score (nSPS) is 20.5. The van der Waals surface area contributed by atoms with Gasteiger partial charge < -0.3 is 5.73 Å². The van der Waals surface area contributed by atoms with Crippen LogP contribution in [-0.4, -0.2) is 37.9 Å². The Labute approximate surface area is 109 Å². The summed E-state index contributed by atoms with van der Waals surface area (Å²) < 4.78 is 23.0. The summed E-state index contributed by atoms with van der Waals surface area (Å²) in [6.45, 7) is 2.88. The lowest BCUT2D eigenvalue weighted by atomic mass is 10.1. The van der Waals surface area contributed by atoms with Gasteiger partial charge in [-0.2, -0.15) is 0 Å². The predicted molar refractivity (Wildman–Crippen MR) is 72.9 cm³/mol. The molecule has 1 fully saturated rings. The van der Waals surface area contributed by atoms with Crippen molar-refractivity contribution >= 4 is 9.84 Å². The maximum Gasteiger partial charge on any atom is 0.151 e. The van der Waals surface area contributed by atoms with Crippen molar-refractivity contribution in [1.29, 1.82) is 0 Å². The topological polar surface area (TPSA) is 63.4 Å². The summed E-state index contributed by atoms with van der Waals surface area (Å²) in [6, 6.07) is 8.21. The van der Waals surface area contributed by atoms with E-state index in [1.54, 1.807) is 0 Å². The summed E-state index contributed by atoms with van der Waals surface area (Å²) >= 11 is 0. The molecule has 0 atom stereocenters. The van der Waals surface area contributed by atoms with Gasteiger partial charge in [-0.05, 0) is 24.1 Å². The molecule has 18 heavy (non-hydrogen) atoms. The van der Waals surface area contributed by atoms with E-state index in [1.165, 1.54) is 5.56 Å². The molecular formula is C13H20N2O2S. The molecule has 1 heterocycles. The first-order valence-corrected chi connectivity index (χ1v) is 8.12. The van der Waals surface area contributed by atoms with Gasteiger partial charge in [0.25, 0.3) is 0 Å². The van der Waals surface area contributed by atoms with Crippen molar-refractivity contribution in [1.82, 2.24) is 4.90 Å². The van der Waals surface area contributed by atoms with Crippen LogP contribution in [0.1, 0.15) is 17.5 Å². The Balaban J connectivity index is 1.96. The molecular weight excluding hydrogens is 248 g/mol. The van der Waals surface area contributed by atoms with Crippen LogP contribution in [0.25, 0.3) is 0 Å². The van der Waals surface area contributed by atoms with E-state index < -0.39 is 9.84 Å². The number of rotatable bonds is 3. The van der Waals surface area contributed by atoms with Gasteiger partial charge in [0.1, 0.15) is 0 Å². The third-order valence-electron chi connectivity index (χ3n) is 3.31. The first kappa shape index (κ1) is 13.5. The van der Waals surface area contributed by atoms with Gasteiger partial charge in [0.15, 0.2) is 9.84 Å². The Hall–Kier alpha value is -0.910. The van der Waals surface area contributed by atoms with Gasteiger partial charge in [-0.25, -0.2) is 8.42 Å². The fourth-order valence-electron chi connectivity index (χ4n) is 2.19. The molecule has 0 saturated carbocycles. The predicted octanol–water partition coefficient (Wildman–Crippen LogP) is 0.766. The second kappa shape index (κ2) is 5.82. The van der Waals surface area contributed by atoms with Crippen molar-refractivity contribution in [2.24, 2.45) is 5.73 Å². The summed E-state index contributed by atoms with van der Waals surface area (Å²) in [6.07, 6.45) is 0.739. The van der Waals surface area contributed by atoms with E-state index >= 15 is 0 Å². The molecule has 1 saturated heterocycles. The van der Waals surface area contributed by atoms with E-state index in [0.717, 1.165) is 25.1 Å². The van der Waals surface area contributed by atoms with Crippen LogP contribution in [0.4, 0.5) is 0 Å². The summed E-state index contributed by atoms with van der Waals surface area (Å²) in [4.78, 5) is 2.21. The summed E-state index contributed by atoms with van der Waals surface area (Å²) in [5.41, 5.74) is 7.89.